The van der Waals surface area contributed by atoms with Crippen molar-refractivity contribution in [1.82, 2.24) is 10.6 Å². The fourth-order valence-electron chi connectivity index (χ4n) is 2.66. The highest BCUT2D eigenvalue weighted by atomic mass is 127. The minimum atomic E-state index is -0.264. The van der Waals surface area contributed by atoms with Crippen LogP contribution in [0.5, 0.6) is 5.75 Å². The number of benzene rings is 1. The van der Waals surface area contributed by atoms with Gasteiger partial charge in [-0.3, -0.25) is 4.99 Å². The Balaban J connectivity index is 0.00000338. The summed E-state index contributed by atoms with van der Waals surface area (Å²) < 4.78 is 29.8. The number of unbranched alkanes of at least 4 members (excludes halogenated alkanes) is 1. The number of nitrogens with one attached hydrogen (secondary N) is 2. The molecule has 0 fully saturated rings. The zero-order valence-electron chi connectivity index (χ0n) is 15.5. The van der Waals surface area contributed by atoms with Gasteiger partial charge in [-0.2, -0.15) is 0 Å². The molecule has 1 aromatic rings. The lowest BCUT2D eigenvalue weighted by atomic mass is 10.1. The van der Waals surface area contributed by atoms with Crippen LogP contribution >= 0.6 is 24.0 Å². The van der Waals surface area contributed by atoms with Gasteiger partial charge in [0.2, 0.25) is 0 Å². The topological polar surface area (TPSA) is 64.1 Å². The van der Waals surface area contributed by atoms with E-state index in [1.165, 1.54) is 12.1 Å². The molecule has 0 saturated heterocycles. The molecule has 1 heterocycles. The maximum atomic E-state index is 13.7. The largest absolute Gasteiger partial charge is 0.467 e. The van der Waals surface area contributed by atoms with E-state index in [4.69, 9.17) is 14.2 Å². The molecule has 0 amide bonds. The molecule has 0 saturated carbocycles. The van der Waals surface area contributed by atoms with Crippen molar-refractivity contribution < 1.29 is 18.6 Å². The highest BCUT2D eigenvalue weighted by Gasteiger charge is 2.16. The third-order valence-corrected chi connectivity index (χ3v) is 3.87. The van der Waals surface area contributed by atoms with Crippen molar-refractivity contribution in [2.75, 3.05) is 40.1 Å². The molecule has 8 heteroatoms. The van der Waals surface area contributed by atoms with Crippen LogP contribution in [-0.4, -0.2) is 46.1 Å². The number of fused-ring (bicyclic) bond motifs is 1. The van der Waals surface area contributed by atoms with Crippen molar-refractivity contribution in [3.63, 3.8) is 0 Å². The Bertz CT molecular complexity index is 573. The molecule has 26 heavy (non-hydrogen) atoms. The van der Waals surface area contributed by atoms with Crippen LogP contribution < -0.4 is 15.4 Å². The second-order valence-electron chi connectivity index (χ2n) is 5.74. The Labute approximate surface area is 171 Å². The van der Waals surface area contributed by atoms with Crippen LogP contribution in [-0.2, 0) is 22.5 Å². The van der Waals surface area contributed by atoms with Crippen LogP contribution in [0.25, 0.3) is 0 Å². The van der Waals surface area contributed by atoms with Gasteiger partial charge in [0.05, 0.1) is 6.61 Å². The maximum Gasteiger partial charge on any atom is 0.190 e. The van der Waals surface area contributed by atoms with Crippen molar-refractivity contribution in [2.24, 2.45) is 4.99 Å². The second kappa shape index (κ2) is 13.1. The molecule has 2 N–H and O–H groups in total. The molecule has 0 aromatic heterocycles. The van der Waals surface area contributed by atoms with Crippen molar-refractivity contribution >= 4 is 29.9 Å². The molecular weight excluding hydrogens is 452 g/mol. The summed E-state index contributed by atoms with van der Waals surface area (Å²) in [6.07, 6.45) is 2.68. The van der Waals surface area contributed by atoms with Crippen LogP contribution in [0.3, 0.4) is 0 Å². The van der Waals surface area contributed by atoms with Gasteiger partial charge in [0.25, 0.3) is 0 Å². The van der Waals surface area contributed by atoms with Gasteiger partial charge in [0.15, 0.2) is 12.8 Å². The fraction of sp³-hybridized carbons (Fsp3) is 0.611. The molecule has 0 aliphatic carbocycles. The van der Waals surface area contributed by atoms with Gasteiger partial charge in [-0.05, 0) is 43.9 Å². The van der Waals surface area contributed by atoms with E-state index in [2.05, 4.69) is 15.6 Å². The summed E-state index contributed by atoms with van der Waals surface area (Å²) in [6.45, 7) is 5.62. The number of rotatable bonds is 9. The van der Waals surface area contributed by atoms with E-state index >= 15 is 0 Å². The Kier molecular flexibility index (Phi) is 11.5. The van der Waals surface area contributed by atoms with Crippen LogP contribution in [0.2, 0.25) is 0 Å². The van der Waals surface area contributed by atoms with Crippen molar-refractivity contribution in [3.05, 3.63) is 29.1 Å². The van der Waals surface area contributed by atoms with Gasteiger partial charge in [-0.25, -0.2) is 4.39 Å². The normalized spacial score (nSPS) is 13.4. The van der Waals surface area contributed by atoms with E-state index in [1.807, 2.05) is 6.92 Å². The number of guanidine groups is 1. The monoisotopic (exact) mass is 481 g/mol. The molecule has 0 atom stereocenters. The van der Waals surface area contributed by atoms with Gasteiger partial charge >= 0.3 is 0 Å². The second-order valence-corrected chi connectivity index (χ2v) is 5.74. The highest BCUT2D eigenvalue weighted by Crippen LogP contribution is 2.29. The lowest BCUT2D eigenvalue weighted by Gasteiger charge is -2.21. The number of aliphatic imine (C=N–C) groups is 1. The van der Waals surface area contributed by atoms with E-state index in [1.54, 1.807) is 7.05 Å². The summed E-state index contributed by atoms with van der Waals surface area (Å²) in [6, 6.07) is 2.99. The van der Waals surface area contributed by atoms with E-state index in [9.17, 15) is 4.39 Å². The summed E-state index contributed by atoms with van der Waals surface area (Å²) in [7, 11) is 1.74. The summed E-state index contributed by atoms with van der Waals surface area (Å²) >= 11 is 0. The van der Waals surface area contributed by atoms with E-state index in [-0.39, 0.29) is 36.6 Å². The molecular formula is C18H29FIN3O3. The first kappa shape index (κ1) is 22.9. The predicted octanol–water partition coefficient (Wildman–Crippen LogP) is 2.83. The average molecular weight is 481 g/mol. The van der Waals surface area contributed by atoms with Crippen LogP contribution in [0, 0.1) is 5.82 Å². The van der Waals surface area contributed by atoms with Gasteiger partial charge in [-0.1, -0.05) is 0 Å². The lowest BCUT2D eigenvalue weighted by molar-refractivity contribution is -0.0172. The Hall–Kier alpha value is -1.13. The van der Waals surface area contributed by atoms with Gasteiger partial charge in [0, 0.05) is 38.9 Å². The number of halogens is 2. The van der Waals surface area contributed by atoms with Crippen LogP contribution in [0.4, 0.5) is 4.39 Å². The highest BCUT2D eigenvalue weighted by molar-refractivity contribution is 14.0. The van der Waals surface area contributed by atoms with Crippen LogP contribution in [0.1, 0.15) is 30.9 Å². The van der Waals surface area contributed by atoms with E-state index in [0.29, 0.717) is 19.6 Å². The molecule has 0 radical (unpaired) electrons. The van der Waals surface area contributed by atoms with Crippen molar-refractivity contribution in [1.29, 1.82) is 0 Å². The third kappa shape index (κ3) is 7.63. The summed E-state index contributed by atoms with van der Waals surface area (Å²) in [5.74, 6) is 1.22. The molecule has 2 rings (SSSR count). The number of ether oxygens (including phenoxy) is 3. The number of nitrogens with zero attached hydrogens (tertiary/aromatic N) is 1. The SMILES string of the molecule is CCOCCCCNC(=NC)NCCc1cc(F)cc2c1OCOC2.I. The molecule has 0 bridgehead atoms. The average Bonchev–Trinajstić information content (AvgIpc) is 2.62. The standard InChI is InChI=1S/C18H28FN3O3.HI/c1-3-23-9-5-4-7-21-18(20-2)22-8-6-14-10-16(19)11-15-12-24-13-25-17(14)15;/h10-11H,3-9,12-13H2,1-2H3,(H2,20,21,22);1H. The third-order valence-electron chi connectivity index (χ3n) is 3.87. The van der Waals surface area contributed by atoms with Gasteiger partial charge < -0.3 is 24.8 Å². The molecule has 0 unspecified atom stereocenters. The lowest BCUT2D eigenvalue weighted by Crippen LogP contribution is -2.38. The quantitative estimate of drug-likeness (QED) is 0.246. The molecule has 148 valence electrons. The molecule has 1 aliphatic rings. The smallest absolute Gasteiger partial charge is 0.190 e. The number of hydrogen-bond acceptors (Lipinski definition) is 4. The van der Waals surface area contributed by atoms with Crippen LogP contribution in [0.15, 0.2) is 17.1 Å². The molecule has 1 aromatic carbocycles. The summed E-state index contributed by atoms with van der Waals surface area (Å²) in [4.78, 5) is 4.20. The summed E-state index contributed by atoms with van der Waals surface area (Å²) in [5, 5.41) is 6.51. The molecule has 1 aliphatic heterocycles. The van der Waals surface area contributed by atoms with E-state index < -0.39 is 0 Å². The fourth-order valence-corrected chi connectivity index (χ4v) is 2.66. The zero-order valence-corrected chi connectivity index (χ0v) is 17.8. The minimum Gasteiger partial charge on any atom is -0.467 e. The Morgan fingerprint density at radius 1 is 1.27 bits per heavy atom. The Morgan fingerprint density at radius 2 is 2.08 bits per heavy atom. The van der Waals surface area contributed by atoms with Gasteiger partial charge in [0.1, 0.15) is 11.6 Å². The van der Waals surface area contributed by atoms with Crippen molar-refractivity contribution in [3.8, 4) is 5.75 Å². The van der Waals surface area contributed by atoms with Crippen molar-refractivity contribution in [2.45, 2.75) is 32.8 Å². The first-order valence-corrected chi connectivity index (χ1v) is 8.78. The Morgan fingerprint density at radius 3 is 2.85 bits per heavy atom. The van der Waals surface area contributed by atoms with E-state index in [0.717, 1.165) is 55.4 Å². The maximum absolute atomic E-state index is 13.7. The minimum absolute atomic E-state index is 0. The zero-order chi connectivity index (χ0) is 17.9. The van der Waals surface area contributed by atoms with Gasteiger partial charge in [-0.15, -0.1) is 24.0 Å². The molecule has 0 spiro atoms. The molecule has 6 nitrogen and oxygen atoms in total. The first-order chi connectivity index (χ1) is 12.2. The predicted molar refractivity (Wildman–Crippen MR) is 111 cm³/mol. The first-order valence-electron chi connectivity index (χ1n) is 8.78. The number of hydrogen-bond donors (Lipinski definition) is 2. The summed E-state index contributed by atoms with van der Waals surface area (Å²) in [5.41, 5.74) is 1.61.